The first-order valence-corrected chi connectivity index (χ1v) is 8.52. The molecule has 2 N–H and O–H groups in total. The van der Waals surface area contributed by atoms with Gasteiger partial charge in [-0.25, -0.2) is 4.39 Å². The number of fused-ring (bicyclic) bond motifs is 1. The van der Waals surface area contributed by atoms with Crippen molar-refractivity contribution in [2.24, 2.45) is 0 Å². The van der Waals surface area contributed by atoms with Crippen molar-refractivity contribution < 1.29 is 19.0 Å². The van der Waals surface area contributed by atoms with E-state index in [1.165, 1.54) is 18.2 Å². The van der Waals surface area contributed by atoms with Crippen LogP contribution in [0.2, 0.25) is 0 Å². The fourth-order valence-corrected chi connectivity index (χ4v) is 2.82. The van der Waals surface area contributed by atoms with Gasteiger partial charge in [0.25, 0.3) is 0 Å². The molecular formula is C22H20FNO3. The van der Waals surface area contributed by atoms with Crippen LogP contribution in [0.3, 0.4) is 0 Å². The highest BCUT2D eigenvalue weighted by Gasteiger charge is 2.13. The van der Waals surface area contributed by atoms with Gasteiger partial charge in [-0.1, -0.05) is 36.4 Å². The number of methoxy groups -OCH3 is 1. The zero-order valence-corrected chi connectivity index (χ0v) is 14.9. The normalized spacial score (nSPS) is 12.3. The van der Waals surface area contributed by atoms with Gasteiger partial charge < -0.3 is 15.2 Å². The second-order valence-electron chi connectivity index (χ2n) is 6.07. The smallest absolute Gasteiger partial charge is 0.244 e. The lowest BCUT2D eigenvalue weighted by Crippen LogP contribution is -2.29. The van der Waals surface area contributed by atoms with E-state index < -0.39 is 17.8 Å². The number of hydrogen-bond donors (Lipinski definition) is 2. The van der Waals surface area contributed by atoms with E-state index in [0.717, 1.165) is 22.1 Å². The Hall–Kier alpha value is -3.18. The Morgan fingerprint density at radius 2 is 1.93 bits per heavy atom. The van der Waals surface area contributed by atoms with Gasteiger partial charge in [0.05, 0.1) is 19.8 Å². The lowest BCUT2D eigenvalue weighted by molar-refractivity contribution is -0.117. The number of nitrogens with one attached hydrogen (secondary N) is 1. The summed E-state index contributed by atoms with van der Waals surface area (Å²) in [6, 6.07) is 17.0. The van der Waals surface area contributed by atoms with Crippen LogP contribution in [0, 0.1) is 5.82 Å². The van der Waals surface area contributed by atoms with Crippen LogP contribution in [0.25, 0.3) is 16.8 Å². The van der Waals surface area contributed by atoms with Gasteiger partial charge in [-0.2, -0.15) is 0 Å². The first-order valence-electron chi connectivity index (χ1n) is 8.52. The summed E-state index contributed by atoms with van der Waals surface area (Å²) >= 11 is 0. The van der Waals surface area contributed by atoms with Crippen LogP contribution in [0.4, 0.5) is 4.39 Å². The summed E-state index contributed by atoms with van der Waals surface area (Å²) in [6.07, 6.45) is 2.66. The highest BCUT2D eigenvalue weighted by Crippen LogP contribution is 2.24. The van der Waals surface area contributed by atoms with E-state index in [0.29, 0.717) is 5.56 Å². The van der Waals surface area contributed by atoms with Crippen LogP contribution in [0.1, 0.15) is 17.2 Å². The molecule has 0 aliphatic carbocycles. The first kappa shape index (κ1) is 18.6. The summed E-state index contributed by atoms with van der Waals surface area (Å²) in [5, 5.41) is 14.4. The van der Waals surface area contributed by atoms with Crippen molar-refractivity contribution in [3.63, 3.8) is 0 Å². The van der Waals surface area contributed by atoms with Gasteiger partial charge in [-0.05, 0) is 46.7 Å². The van der Waals surface area contributed by atoms with E-state index in [-0.39, 0.29) is 6.61 Å². The number of aliphatic hydroxyl groups is 1. The van der Waals surface area contributed by atoms with Gasteiger partial charge in [-0.15, -0.1) is 0 Å². The van der Waals surface area contributed by atoms with Crippen LogP contribution in [0.5, 0.6) is 5.75 Å². The summed E-state index contributed by atoms with van der Waals surface area (Å²) in [4.78, 5) is 12.2. The third kappa shape index (κ3) is 4.51. The summed E-state index contributed by atoms with van der Waals surface area (Å²) in [5.74, 6) is -0.0798. The standard InChI is InChI=1S/C22H20FNO3/c1-27-19-10-8-15-6-7-17(12-18(15)13-19)21(14-25)24-22(26)11-9-16-4-2-3-5-20(16)23/h2-13,21,25H,14H2,1H3,(H,24,26)/t21-/m0/s1. The molecule has 27 heavy (non-hydrogen) atoms. The molecule has 3 aromatic carbocycles. The third-order valence-electron chi connectivity index (χ3n) is 4.29. The van der Waals surface area contributed by atoms with Gasteiger partial charge >= 0.3 is 0 Å². The van der Waals surface area contributed by atoms with E-state index in [1.54, 1.807) is 25.3 Å². The minimum Gasteiger partial charge on any atom is -0.497 e. The molecule has 0 heterocycles. The second kappa shape index (κ2) is 8.47. The molecule has 3 aromatic rings. The molecule has 1 amide bonds. The van der Waals surface area contributed by atoms with Gasteiger partial charge in [-0.3, -0.25) is 4.79 Å². The predicted molar refractivity (Wildman–Crippen MR) is 104 cm³/mol. The summed E-state index contributed by atoms with van der Waals surface area (Å²) in [6.45, 7) is -0.255. The molecule has 4 nitrogen and oxygen atoms in total. The van der Waals surface area contributed by atoms with Crippen LogP contribution >= 0.6 is 0 Å². The maximum absolute atomic E-state index is 13.6. The highest BCUT2D eigenvalue weighted by atomic mass is 19.1. The lowest BCUT2D eigenvalue weighted by atomic mass is 10.0. The average Bonchev–Trinajstić information content (AvgIpc) is 2.70. The molecule has 3 rings (SSSR count). The molecule has 0 saturated carbocycles. The average molecular weight is 365 g/mol. The SMILES string of the molecule is COc1ccc2ccc([C@H](CO)NC(=O)C=Cc3ccccc3F)cc2c1. The van der Waals surface area contributed by atoms with Crippen LogP contribution < -0.4 is 10.1 Å². The Balaban J connectivity index is 1.77. The molecule has 0 aliphatic rings. The van der Waals surface area contributed by atoms with E-state index >= 15 is 0 Å². The fraction of sp³-hybridized carbons (Fsp3) is 0.136. The maximum atomic E-state index is 13.6. The van der Waals surface area contributed by atoms with Crippen molar-refractivity contribution in [2.75, 3.05) is 13.7 Å². The lowest BCUT2D eigenvalue weighted by Gasteiger charge is -2.16. The van der Waals surface area contributed by atoms with Crippen molar-refractivity contribution in [1.29, 1.82) is 0 Å². The number of carbonyl (C=O) groups is 1. The number of aliphatic hydroxyl groups excluding tert-OH is 1. The molecule has 138 valence electrons. The van der Waals surface area contributed by atoms with E-state index in [4.69, 9.17) is 4.74 Å². The number of benzene rings is 3. The largest absolute Gasteiger partial charge is 0.497 e. The first-order chi connectivity index (χ1) is 13.1. The molecule has 1 atom stereocenters. The van der Waals surface area contributed by atoms with E-state index in [1.807, 2.05) is 36.4 Å². The molecule has 5 heteroatoms. The zero-order chi connectivity index (χ0) is 19.2. The Labute approximate surface area is 156 Å². The molecule has 0 saturated heterocycles. The predicted octanol–water partition coefficient (Wildman–Crippen LogP) is 3.85. The second-order valence-corrected chi connectivity index (χ2v) is 6.07. The van der Waals surface area contributed by atoms with E-state index in [9.17, 15) is 14.3 Å². The quantitative estimate of drug-likeness (QED) is 0.653. The van der Waals surface area contributed by atoms with E-state index in [2.05, 4.69) is 5.32 Å². The number of rotatable bonds is 6. The fourth-order valence-electron chi connectivity index (χ4n) is 2.82. The molecular weight excluding hydrogens is 345 g/mol. The number of halogens is 1. The van der Waals surface area contributed by atoms with Crippen molar-refractivity contribution in [3.8, 4) is 5.75 Å². The number of amides is 1. The molecule has 0 bridgehead atoms. The molecule has 0 unspecified atom stereocenters. The number of ether oxygens (including phenoxy) is 1. The zero-order valence-electron chi connectivity index (χ0n) is 14.9. The van der Waals surface area contributed by atoms with Crippen LogP contribution in [-0.4, -0.2) is 24.7 Å². The molecule has 0 fully saturated rings. The minimum atomic E-state index is -0.571. The topological polar surface area (TPSA) is 58.6 Å². The molecule has 0 spiro atoms. The Morgan fingerprint density at radius 3 is 2.67 bits per heavy atom. The van der Waals surface area contributed by atoms with Crippen molar-refractivity contribution >= 4 is 22.8 Å². The Bertz CT molecular complexity index is 984. The van der Waals surface area contributed by atoms with Crippen LogP contribution in [-0.2, 0) is 4.79 Å². The molecule has 0 radical (unpaired) electrons. The summed E-state index contributed by atoms with van der Waals surface area (Å²) in [5.41, 5.74) is 1.09. The summed E-state index contributed by atoms with van der Waals surface area (Å²) in [7, 11) is 1.60. The third-order valence-corrected chi connectivity index (χ3v) is 4.29. The number of carbonyl (C=O) groups excluding carboxylic acids is 1. The summed E-state index contributed by atoms with van der Waals surface area (Å²) < 4.78 is 18.8. The monoisotopic (exact) mass is 365 g/mol. The van der Waals surface area contributed by atoms with Gasteiger partial charge in [0, 0.05) is 11.6 Å². The van der Waals surface area contributed by atoms with Crippen molar-refractivity contribution in [2.45, 2.75) is 6.04 Å². The highest BCUT2D eigenvalue weighted by molar-refractivity contribution is 5.92. The van der Waals surface area contributed by atoms with Gasteiger partial charge in [0.2, 0.25) is 5.91 Å². The van der Waals surface area contributed by atoms with Gasteiger partial charge in [0.1, 0.15) is 11.6 Å². The van der Waals surface area contributed by atoms with Crippen molar-refractivity contribution in [3.05, 3.63) is 83.7 Å². The van der Waals surface area contributed by atoms with Crippen LogP contribution in [0.15, 0.2) is 66.7 Å². The van der Waals surface area contributed by atoms with Crippen molar-refractivity contribution in [1.82, 2.24) is 5.32 Å². The minimum absolute atomic E-state index is 0.255. The Kier molecular flexibility index (Phi) is 5.84. The Morgan fingerprint density at radius 1 is 1.15 bits per heavy atom. The van der Waals surface area contributed by atoms with Gasteiger partial charge in [0.15, 0.2) is 0 Å². The molecule has 0 aromatic heterocycles. The maximum Gasteiger partial charge on any atom is 0.244 e. The number of hydrogen-bond acceptors (Lipinski definition) is 3. The molecule has 0 aliphatic heterocycles.